The van der Waals surface area contributed by atoms with Gasteiger partial charge in [0.1, 0.15) is 5.75 Å². The minimum Gasteiger partial charge on any atom is -0.497 e. The Kier molecular flexibility index (Phi) is 2.83. The number of hydrogen-bond acceptors (Lipinski definition) is 3. The van der Waals surface area contributed by atoms with Crippen molar-refractivity contribution in [1.82, 2.24) is 0 Å². The molecular formula is C12H16N2O2. The predicted molar refractivity (Wildman–Crippen MR) is 62.5 cm³/mol. The highest BCUT2D eigenvalue weighted by Crippen LogP contribution is 2.31. The lowest BCUT2D eigenvalue weighted by atomic mass is 10.2. The van der Waals surface area contributed by atoms with Crippen LogP contribution >= 0.6 is 0 Å². The molecule has 2 N–H and O–H groups in total. The quantitative estimate of drug-likeness (QED) is 0.827. The van der Waals surface area contributed by atoms with Crippen molar-refractivity contribution in [2.75, 3.05) is 19.1 Å². The third-order valence-corrected chi connectivity index (χ3v) is 2.95. The first-order valence-corrected chi connectivity index (χ1v) is 5.30. The number of nitrogens with two attached hydrogens (primary N) is 1. The zero-order valence-electron chi connectivity index (χ0n) is 9.51. The molecule has 2 atom stereocenters. The molecule has 1 aliphatic carbocycles. The molecule has 2 rings (SSSR count). The molecule has 1 amide bonds. The number of amides is 1. The fourth-order valence-corrected chi connectivity index (χ4v) is 1.68. The molecule has 1 fully saturated rings. The number of hydrogen-bond donors (Lipinski definition) is 1. The maximum absolute atomic E-state index is 11.9. The highest BCUT2D eigenvalue weighted by Gasteiger charge is 2.41. The van der Waals surface area contributed by atoms with Crippen LogP contribution in [-0.4, -0.2) is 26.1 Å². The maximum atomic E-state index is 11.9. The Labute approximate surface area is 95.0 Å². The summed E-state index contributed by atoms with van der Waals surface area (Å²) in [5, 5.41) is 0. The summed E-state index contributed by atoms with van der Waals surface area (Å²) in [5.74, 6) is 0.887. The van der Waals surface area contributed by atoms with E-state index in [9.17, 15) is 4.79 Å². The van der Waals surface area contributed by atoms with E-state index in [2.05, 4.69) is 0 Å². The summed E-state index contributed by atoms with van der Waals surface area (Å²) in [6, 6.07) is 7.46. The predicted octanol–water partition coefficient (Wildman–Crippen LogP) is 1.01. The van der Waals surface area contributed by atoms with Crippen molar-refractivity contribution < 1.29 is 9.53 Å². The van der Waals surface area contributed by atoms with Gasteiger partial charge in [-0.2, -0.15) is 0 Å². The SMILES string of the molecule is COc1ccc(N(C)C(=O)C2CC2N)cc1. The second-order valence-electron chi connectivity index (χ2n) is 4.10. The summed E-state index contributed by atoms with van der Waals surface area (Å²) in [7, 11) is 3.39. The van der Waals surface area contributed by atoms with Crippen LogP contribution in [0.3, 0.4) is 0 Å². The highest BCUT2D eigenvalue weighted by molar-refractivity contribution is 5.96. The van der Waals surface area contributed by atoms with E-state index in [0.717, 1.165) is 17.9 Å². The van der Waals surface area contributed by atoms with Crippen LogP contribution in [0, 0.1) is 5.92 Å². The van der Waals surface area contributed by atoms with Gasteiger partial charge in [-0.05, 0) is 30.7 Å². The first-order chi connectivity index (χ1) is 7.63. The van der Waals surface area contributed by atoms with Gasteiger partial charge in [0.05, 0.1) is 13.0 Å². The Bertz CT molecular complexity index is 389. The van der Waals surface area contributed by atoms with Crippen LogP contribution in [0.25, 0.3) is 0 Å². The minimum atomic E-state index is 0.00658. The Hall–Kier alpha value is -1.55. The lowest BCUT2D eigenvalue weighted by molar-refractivity contribution is -0.119. The Morgan fingerprint density at radius 1 is 1.44 bits per heavy atom. The van der Waals surface area contributed by atoms with Crippen molar-refractivity contribution >= 4 is 11.6 Å². The number of methoxy groups -OCH3 is 1. The summed E-state index contributed by atoms with van der Waals surface area (Å²) in [4.78, 5) is 13.5. The summed E-state index contributed by atoms with van der Waals surface area (Å²) >= 11 is 0. The van der Waals surface area contributed by atoms with Gasteiger partial charge in [-0.1, -0.05) is 0 Å². The van der Waals surface area contributed by atoms with Gasteiger partial charge >= 0.3 is 0 Å². The Morgan fingerprint density at radius 3 is 2.44 bits per heavy atom. The van der Waals surface area contributed by atoms with Crippen LogP contribution < -0.4 is 15.4 Å². The number of carbonyl (C=O) groups excluding carboxylic acids is 1. The van der Waals surface area contributed by atoms with Crippen LogP contribution in [0.4, 0.5) is 5.69 Å². The van der Waals surface area contributed by atoms with Crippen molar-refractivity contribution in [3.05, 3.63) is 24.3 Å². The van der Waals surface area contributed by atoms with E-state index >= 15 is 0 Å². The molecule has 0 aliphatic heterocycles. The number of benzene rings is 1. The van der Waals surface area contributed by atoms with Crippen molar-refractivity contribution in [2.45, 2.75) is 12.5 Å². The molecule has 1 aromatic carbocycles. The number of rotatable bonds is 3. The normalized spacial score (nSPS) is 22.7. The third kappa shape index (κ3) is 2.02. The zero-order valence-corrected chi connectivity index (χ0v) is 9.51. The van der Waals surface area contributed by atoms with E-state index < -0.39 is 0 Å². The number of nitrogens with zero attached hydrogens (tertiary/aromatic N) is 1. The second-order valence-corrected chi connectivity index (χ2v) is 4.10. The zero-order chi connectivity index (χ0) is 11.7. The molecule has 16 heavy (non-hydrogen) atoms. The van der Waals surface area contributed by atoms with E-state index in [1.807, 2.05) is 24.3 Å². The van der Waals surface area contributed by atoms with Crippen molar-refractivity contribution in [3.63, 3.8) is 0 Å². The topological polar surface area (TPSA) is 55.6 Å². The van der Waals surface area contributed by atoms with E-state index in [0.29, 0.717) is 0 Å². The number of ether oxygens (including phenoxy) is 1. The van der Waals surface area contributed by atoms with Gasteiger partial charge in [0, 0.05) is 18.8 Å². The van der Waals surface area contributed by atoms with Gasteiger partial charge < -0.3 is 15.4 Å². The summed E-state index contributed by atoms with van der Waals surface area (Å²) in [5.41, 5.74) is 6.53. The Balaban J connectivity index is 2.08. The fourth-order valence-electron chi connectivity index (χ4n) is 1.68. The monoisotopic (exact) mass is 220 g/mol. The van der Waals surface area contributed by atoms with E-state index in [1.54, 1.807) is 19.1 Å². The van der Waals surface area contributed by atoms with Gasteiger partial charge in [0.15, 0.2) is 0 Å². The molecular weight excluding hydrogens is 204 g/mol. The number of anilines is 1. The standard InChI is InChI=1S/C12H16N2O2/c1-14(12(15)10-7-11(10)13)8-3-5-9(16-2)6-4-8/h3-6,10-11H,7,13H2,1-2H3. The molecule has 0 bridgehead atoms. The molecule has 1 aliphatic rings. The third-order valence-electron chi connectivity index (χ3n) is 2.95. The second kappa shape index (κ2) is 4.14. The van der Waals surface area contributed by atoms with Crippen molar-refractivity contribution in [2.24, 2.45) is 11.7 Å². The van der Waals surface area contributed by atoms with Gasteiger partial charge in [-0.25, -0.2) is 0 Å². The molecule has 0 saturated heterocycles. The van der Waals surface area contributed by atoms with Crippen molar-refractivity contribution in [1.29, 1.82) is 0 Å². The maximum Gasteiger partial charge on any atom is 0.231 e. The van der Waals surface area contributed by atoms with Gasteiger partial charge in [-0.15, -0.1) is 0 Å². The van der Waals surface area contributed by atoms with Crippen LogP contribution in [0.2, 0.25) is 0 Å². The van der Waals surface area contributed by atoms with Crippen molar-refractivity contribution in [3.8, 4) is 5.75 Å². The highest BCUT2D eigenvalue weighted by atomic mass is 16.5. The molecule has 0 radical (unpaired) electrons. The van der Waals surface area contributed by atoms with Crippen LogP contribution in [0.1, 0.15) is 6.42 Å². The molecule has 0 heterocycles. The summed E-state index contributed by atoms with van der Waals surface area (Å²) in [6.45, 7) is 0. The first kappa shape index (κ1) is 11.0. The lowest BCUT2D eigenvalue weighted by Gasteiger charge is -2.17. The van der Waals surface area contributed by atoms with Gasteiger partial charge in [-0.3, -0.25) is 4.79 Å². The molecule has 2 unspecified atom stereocenters. The fraction of sp³-hybridized carbons (Fsp3) is 0.417. The minimum absolute atomic E-state index is 0.00658. The molecule has 4 nitrogen and oxygen atoms in total. The lowest BCUT2D eigenvalue weighted by Crippen LogP contribution is -2.29. The molecule has 1 aromatic rings. The Morgan fingerprint density at radius 2 is 2.00 bits per heavy atom. The molecule has 86 valence electrons. The largest absolute Gasteiger partial charge is 0.497 e. The molecule has 0 aromatic heterocycles. The van der Waals surface area contributed by atoms with Gasteiger partial charge in [0.2, 0.25) is 5.91 Å². The molecule has 1 saturated carbocycles. The van der Waals surface area contributed by atoms with Crippen LogP contribution in [0.5, 0.6) is 5.75 Å². The first-order valence-electron chi connectivity index (χ1n) is 5.30. The summed E-state index contributed by atoms with van der Waals surface area (Å²) in [6.07, 6.45) is 0.805. The van der Waals surface area contributed by atoms with Crippen LogP contribution in [-0.2, 0) is 4.79 Å². The average Bonchev–Trinajstić information content (AvgIpc) is 3.04. The smallest absolute Gasteiger partial charge is 0.231 e. The van der Waals surface area contributed by atoms with E-state index in [-0.39, 0.29) is 17.9 Å². The van der Waals surface area contributed by atoms with E-state index in [1.165, 1.54) is 0 Å². The van der Waals surface area contributed by atoms with Gasteiger partial charge in [0.25, 0.3) is 0 Å². The summed E-state index contributed by atoms with van der Waals surface area (Å²) < 4.78 is 5.06. The molecule has 4 heteroatoms. The molecule has 0 spiro atoms. The number of carbonyl (C=O) groups is 1. The van der Waals surface area contributed by atoms with E-state index in [4.69, 9.17) is 10.5 Å². The van der Waals surface area contributed by atoms with Crippen LogP contribution in [0.15, 0.2) is 24.3 Å². The average molecular weight is 220 g/mol.